The lowest BCUT2D eigenvalue weighted by molar-refractivity contribution is -0.113. The Morgan fingerprint density at radius 2 is 2.04 bits per heavy atom. The number of carbonyl (C=O) groups is 1. The minimum Gasteiger partial charge on any atom is -0.496 e. The van der Waals surface area contributed by atoms with E-state index in [9.17, 15) is 4.79 Å². The summed E-state index contributed by atoms with van der Waals surface area (Å²) < 4.78 is 21.8. The maximum atomic E-state index is 10.8. The van der Waals surface area contributed by atoms with Gasteiger partial charge < -0.3 is 24.7 Å². The van der Waals surface area contributed by atoms with E-state index in [1.807, 2.05) is 24.3 Å². The van der Waals surface area contributed by atoms with Crippen LogP contribution in [0.15, 0.2) is 42.5 Å². The van der Waals surface area contributed by atoms with Crippen LogP contribution in [0, 0.1) is 0 Å². The first-order chi connectivity index (χ1) is 11.7. The summed E-state index contributed by atoms with van der Waals surface area (Å²) in [5.74, 6) is 2.24. The molecular weight excluding hydrogens is 310 g/mol. The molecule has 1 aliphatic rings. The van der Waals surface area contributed by atoms with Gasteiger partial charge in [-0.05, 0) is 35.9 Å². The minimum atomic E-state index is -0.496. The van der Waals surface area contributed by atoms with Crippen LogP contribution in [0.4, 0.5) is 0 Å². The van der Waals surface area contributed by atoms with Crippen LogP contribution in [-0.4, -0.2) is 19.8 Å². The van der Waals surface area contributed by atoms with Gasteiger partial charge in [-0.3, -0.25) is 4.79 Å². The summed E-state index contributed by atoms with van der Waals surface area (Å²) in [4.78, 5) is 10.8. The van der Waals surface area contributed by atoms with Gasteiger partial charge in [-0.15, -0.1) is 0 Å². The second kappa shape index (κ2) is 6.95. The lowest BCUT2D eigenvalue weighted by Crippen LogP contribution is -2.05. The van der Waals surface area contributed by atoms with Crippen molar-refractivity contribution in [1.82, 2.24) is 0 Å². The fourth-order valence-electron chi connectivity index (χ4n) is 2.32. The Hall–Kier alpha value is -3.15. The van der Waals surface area contributed by atoms with Crippen LogP contribution in [-0.2, 0) is 11.4 Å². The molecule has 0 aliphatic carbocycles. The number of benzene rings is 2. The molecule has 2 N–H and O–H groups in total. The molecule has 0 unspecified atom stereocenters. The molecule has 124 valence electrons. The first kappa shape index (κ1) is 15.7. The zero-order valence-corrected chi connectivity index (χ0v) is 13.2. The number of primary amides is 1. The van der Waals surface area contributed by atoms with Crippen molar-refractivity contribution in [3.8, 4) is 23.0 Å². The van der Waals surface area contributed by atoms with Gasteiger partial charge >= 0.3 is 0 Å². The number of carbonyl (C=O) groups excluding carboxylic acids is 1. The Morgan fingerprint density at radius 1 is 1.21 bits per heavy atom. The fourth-order valence-corrected chi connectivity index (χ4v) is 2.32. The summed E-state index contributed by atoms with van der Waals surface area (Å²) in [7, 11) is 1.60. The molecule has 24 heavy (non-hydrogen) atoms. The second-order valence-electron chi connectivity index (χ2n) is 5.11. The fraction of sp³-hybridized carbons (Fsp3) is 0.167. The molecule has 0 radical (unpaired) electrons. The highest BCUT2D eigenvalue weighted by molar-refractivity contribution is 5.90. The highest BCUT2D eigenvalue weighted by Gasteiger charge is 2.14. The molecule has 1 heterocycles. The van der Waals surface area contributed by atoms with Crippen molar-refractivity contribution in [2.24, 2.45) is 5.73 Å². The summed E-state index contributed by atoms with van der Waals surface area (Å²) >= 11 is 0. The van der Waals surface area contributed by atoms with E-state index in [1.165, 1.54) is 6.08 Å². The van der Waals surface area contributed by atoms with Crippen molar-refractivity contribution in [1.29, 1.82) is 0 Å². The first-order valence-corrected chi connectivity index (χ1v) is 7.32. The summed E-state index contributed by atoms with van der Waals surface area (Å²) in [5.41, 5.74) is 6.80. The third-order valence-electron chi connectivity index (χ3n) is 3.48. The largest absolute Gasteiger partial charge is 0.496 e. The Kier molecular flexibility index (Phi) is 4.56. The van der Waals surface area contributed by atoms with Crippen LogP contribution in [0.5, 0.6) is 23.0 Å². The van der Waals surface area contributed by atoms with Gasteiger partial charge in [-0.25, -0.2) is 0 Å². The lowest BCUT2D eigenvalue weighted by atomic mass is 10.1. The Bertz CT molecular complexity index is 785. The minimum absolute atomic E-state index is 0.223. The Labute approximate surface area is 139 Å². The van der Waals surface area contributed by atoms with Crippen LogP contribution in [0.25, 0.3) is 6.08 Å². The zero-order valence-electron chi connectivity index (χ0n) is 13.2. The molecule has 2 aromatic carbocycles. The van der Waals surface area contributed by atoms with Gasteiger partial charge in [0.2, 0.25) is 12.7 Å². The van der Waals surface area contributed by atoms with Crippen LogP contribution in [0.2, 0.25) is 0 Å². The lowest BCUT2D eigenvalue weighted by Gasteiger charge is -2.11. The van der Waals surface area contributed by atoms with Crippen LogP contribution in [0.1, 0.15) is 11.1 Å². The number of fused-ring (bicyclic) bond motifs is 1. The van der Waals surface area contributed by atoms with Gasteiger partial charge in [0.15, 0.2) is 11.5 Å². The number of ether oxygens (including phenoxy) is 4. The molecule has 0 fully saturated rings. The molecule has 6 nitrogen and oxygen atoms in total. The zero-order chi connectivity index (χ0) is 16.9. The van der Waals surface area contributed by atoms with Gasteiger partial charge in [-0.2, -0.15) is 0 Å². The molecule has 0 bridgehead atoms. The van der Waals surface area contributed by atoms with E-state index in [-0.39, 0.29) is 6.79 Å². The summed E-state index contributed by atoms with van der Waals surface area (Å²) in [5, 5.41) is 0. The third-order valence-corrected chi connectivity index (χ3v) is 3.48. The molecule has 0 aromatic heterocycles. The van der Waals surface area contributed by atoms with E-state index in [0.29, 0.717) is 29.6 Å². The van der Waals surface area contributed by atoms with E-state index < -0.39 is 5.91 Å². The number of nitrogens with two attached hydrogens (primary N) is 1. The maximum absolute atomic E-state index is 10.8. The van der Waals surface area contributed by atoms with Gasteiger partial charge in [0.05, 0.1) is 7.11 Å². The van der Waals surface area contributed by atoms with Crippen molar-refractivity contribution in [3.63, 3.8) is 0 Å². The van der Waals surface area contributed by atoms with Crippen molar-refractivity contribution >= 4 is 12.0 Å². The molecule has 1 aliphatic heterocycles. The monoisotopic (exact) mass is 327 g/mol. The number of amides is 1. The van der Waals surface area contributed by atoms with Gasteiger partial charge in [0, 0.05) is 17.7 Å². The molecule has 0 spiro atoms. The number of hydrogen-bond acceptors (Lipinski definition) is 5. The standard InChI is InChI=1S/C18H17NO5/c1-21-15-5-2-12(3-7-18(19)20)8-13(15)10-22-14-4-6-16-17(9-14)24-11-23-16/h2-9H,10-11H2,1H3,(H2,19,20)/b7-3-. The first-order valence-electron chi connectivity index (χ1n) is 7.32. The maximum Gasteiger partial charge on any atom is 0.241 e. The predicted molar refractivity (Wildman–Crippen MR) is 88.1 cm³/mol. The van der Waals surface area contributed by atoms with Gasteiger partial charge in [0.25, 0.3) is 0 Å². The average Bonchev–Trinajstić information content (AvgIpc) is 3.05. The number of methoxy groups -OCH3 is 1. The van der Waals surface area contributed by atoms with Crippen LogP contribution in [0.3, 0.4) is 0 Å². The van der Waals surface area contributed by atoms with Crippen LogP contribution >= 0.6 is 0 Å². The normalized spacial score (nSPS) is 12.4. The molecule has 1 amide bonds. The molecular formula is C18H17NO5. The molecule has 0 saturated carbocycles. The molecule has 3 rings (SSSR count). The van der Waals surface area contributed by atoms with Crippen molar-refractivity contribution in [2.45, 2.75) is 6.61 Å². The smallest absolute Gasteiger partial charge is 0.241 e. The summed E-state index contributed by atoms with van der Waals surface area (Å²) in [6.07, 6.45) is 2.95. The topological polar surface area (TPSA) is 80.0 Å². The SMILES string of the molecule is COc1ccc(/C=C\C(N)=O)cc1COc1ccc2c(c1)OCO2. The average molecular weight is 327 g/mol. The number of rotatable bonds is 6. The quantitative estimate of drug-likeness (QED) is 0.825. The van der Waals surface area contributed by atoms with E-state index in [2.05, 4.69) is 0 Å². The number of hydrogen-bond donors (Lipinski definition) is 1. The molecule has 0 saturated heterocycles. The van der Waals surface area contributed by atoms with Crippen molar-refractivity contribution in [3.05, 3.63) is 53.6 Å². The van der Waals surface area contributed by atoms with Gasteiger partial charge in [-0.1, -0.05) is 6.07 Å². The molecule has 0 atom stereocenters. The van der Waals surface area contributed by atoms with Gasteiger partial charge in [0.1, 0.15) is 18.1 Å². The highest BCUT2D eigenvalue weighted by Crippen LogP contribution is 2.35. The molecule has 2 aromatic rings. The van der Waals surface area contributed by atoms with Crippen LogP contribution < -0.4 is 24.7 Å². The van der Waals surface area contributed by atoms with Crippen molar-refractivity contribution < 1.29 is 23.7 Å². The van der Waals surface area contributed by atoms with E-state index in [4.69, 9.17) is 24.7 Å². The molecule has 6 heteroatoms. The highest BCUT2D eigenvalue weighted by atomic mass is 16.7. The van der Waals surface area contributed by atoms with E-state index in [0.717, 1.165) is 11.1 Å². The Balaban J connectivity index is 1.75. The summed E-state index contributed by atoms with van der Waals surface area (Å²) in [6.45, 7) is 0.530. The second-order valence-corrected chi connectivity index (χ2v) is 5.11. The van der Waals surface area contributed by atoms with Crippen molar-refractivity contribution in [2.75, 3.05) is 13.9 Å². The van der Waals surface area contributed by atoms with E-state index in [1.54, 1.807) is 25.3 Å². The Morgan fingerprint density at radius 3 is 2.83 bits per heavy atom. The third kappa shape index (κ3) is 3.60. The summed E-state index contributed by atoms with van der Waals surface area (Å²) in [6, 6.07) is 10.9. The van der Waals surface area contributed by atoms with E-state index >= 15 is 0 Å². The predicted octanol–water partition coefficient (Wildman–Crippen LogP) is 2.50.